The summed E-state index contributed by atoms with van der Waals surface area (Å²) in [7, 11) is 0. The summed E-state index contributed by atoms with van der Waals surface area (Å²) >= 11 is 0. The van der Waals surface area contributed by atoms with Crippen LogP contribution in [0.4, 0.5) is 8.78 Å². The van der Waals surface area contributed by atoms with E-state index < -0.39 is 17.8 Å². The Morgan fingerprint density at radius 2 is 1.30 bits per heavy atom. The van der Waals surface area contributed by atoms with Gasteiger partial charge in [-0.15, -0.1) is 0 Å². The van der Waals surface area contributed by atoms with E-state index in [-0.39, 0.29) is 0 Å². The van der Waals surface area contributed by atoms with Gasteiger partial charge in [0.2, 0.25) is 0 Å². The van der Waals surface area contributed by atoms with Crippen molar-refractivity contribution < 1.29 is 8.78 Å². The average molecular weight is 268 g/mol. The number of fused-ring (bicyclic) bond motifs is 5. The van der Waals surface area contributed by atoms with E-state index in [9.17, 15) is 8.78 Å². The highest BCUT2D eigenvalue weighted by atomic mass is 19.3. The molecule has 100 valence electrons. The van der Waals surface area contributed by atoms with Crippen LogP contribution in [0.25, 0.3) is 5.57 Å². The molecule has 2 unspecified atom stereocenters. The van der Waals surface area contributed by atoms with Crippen LogP contribution in [0.3, 0.4) is 0 Å². The molecule has 0 spiro atoms. The lowest BCUT2D eigenvalue weighted by Gasteiger charge is -2.14. The maximum absolute atomic E-state index is 14.3. The number of hydrogen-bond acceptors (Lipinski definition) is 0. The predicted molar refractivity (Wildman–Crippen MR) is 76.1 cm³/mol. The lowest BCUT2D eigenvalue weighted by atomic mass is 9.91. The van der Waals surface area contributed by atoms with Crippen molar-refractivity contribution >= 4 is 5.57 Å². The van der Waals surface area contributed by atoms with Crippen LogP contribution in [0.2, 0.25) is 0 Å². The smallest absolute Gasteiger partial charge is 0.205 e. The minimum atomic E-state index is -2.62. The lowest BCUT2D eigenvalue weighted by Crippen LogP contribution is -2.02. The number of hydrogen-bond donors (Lipinski definition) is 0. The zero-order valence-electron chi connectivity index (χ0n) is 11.1. The van der Waals surface area contributed by atoms with E-state index in [1.54, 1.807) is 0 Å². The molecule has 1 fully saturated rings. The largest absolute Gasteiger partial charge is 0.263 e. The van der Waals surface area contributed by atoms with Crippen LogP contribution in [-0.2, 0) is 0 Å². The van der Waals surface area contributed by atoms with E-state index in [2.05, 4.69) is 0 Å². The van der Waals surface area contributed by atoms with Gasteiger partial charge >= 0.3 is 0 Å². The summed E-state index contributed by atoms with van der Waals surface area (Å²) in [5.74, 6) is -3.96. The third-order valence-electron chi connectivity index (χ3n) is 4.51. The maximum Gasteiger partial charge on any atom is 0.263 e. The van der Waals surface area contributed by atoms with Crippen molar-refractivity contribution in [2.75, 3.05) is 0 Å². The molecule has 2 aromatic carbocycles. The van der Waals surface area contributed by atoms with Crippen LogP contribution in [0.5, 0.6) is 0 Å². The Hall–Kier alpha value is -1.96. The first-order valence-corrected chi connectivity index (χ1v) is 6.89. The van der Waals surface area contributed by atoms with E-state index in [1.807, 2.05) is 61.5 Å². The van der Waals surface area contributed by atoms with Gasteiger partial charge in [-0.3, -0.25) is 0 Å². The summed E-state index contributed by atoms with van der Waals surface area (Å²) in [6, 6.07) is 15.2. The molecule has 2 aliphatic carbocycles. The summed E-state index contributed by atoms with van der Waals surface area (Å²) in [5, 5.41) is 0. The quantitative estimate of drug-likeness (QED) is 0.633. The van der Waals surface area contributed by atoms with E-state index in [0.717, 1.165) is 27.8 Å². The molecule has 0 N–H and O–H groups in total. The normalized spacial score (nSPS) is 25.1. The van der Waals surface area contributed by atoms with Gasteiger partial charge in [-0.05, 0) is 34.8 Å². The second-order valence-electron chi connectivity index (χ2n) is 5.51. The first-order chi connectivity index (χ1) is 9.66. The molecule has 2 atom stereocenters. The monoisotopic (exact) mass is 268 g/mol. The van der Waals surface area contributed by atoms with Crippen LogP contribution in [0, 0.1) is 0 Å². The van der Waals surface area contributed by atoms with Crippen LogP contribution in [0.15, 0.2) is 54.6 Å². The zero-order valence-corrected chi connectivity index (χ0v) is 11.1. The molecule has 0 heterocycles. The van der Waals surface area contributed by atoms with E-state index in [1.165, 1.54) is 0 Å². The fraction of sp³-hybridized carbons (Fsp3) is 0.222. The topological polar surface area (TPSA) is 0 Å². The molecular formula is C18H14F2. The Kier molecular flexibility index (Phi) is 2.24. The molecule has 20 heavy (non-hydrogen) atoms. The van der Waals surface area contributed by atoms with Gasteiger partial charge in [-0.1, -0.05) is 54.6 Å². The summed E-state index contributed by atoms with van der Waals surface area (Å²) in [4.78, 5) is 0. The molecule has 0 amide bonds. The van der Waals surface area contributed by atoms with Gasteiger partial charge in [0.15, 0.2) is 0 Å². The third-order valence-corrected chi connectivity index (χ3v) is 4.51. The summed E-state index contributed by atoms with van der Waals surface area (Å²) < 4.78 is 28.5. The Labute approximate surface area is 116 Å². The molecular weight excluding hydrogens is 254 g/mol. The van der Waals surface area contributed by atoms with Crippen LogP contribution in [0.1, 0.15) is 41.0 Å². The minimum absolute atomic E-state index is 0.669. The Morgan fingerprint density at radius 1 is 0.850 bits per heavy atom. The van der Waals surface area contributed by atoms with Gasteiger partial charge in [0.1, 0.15) is 0 Å². The Balaban J connectivity index is 2.07. The molecule has 1 saturated carbocycles. The lowest BCUT2D eigenvalue weighted by molar-refractivity contribution is 0.105. The van der Waals surface area contributed by atoms with Crippen LogP contribution >= 0.6 is 0 Å². The number of halogens is 2. The molecule has 0 nitrogen and oxygen atoms in total. The van der Waals surface area contributed by atoms with Crippen LogP contribution in [-0.4, -0.2) is 5.92 Å². The van der Waals surface area contributed by atoms with Crippen molar-refractivity contribution in [3.8, 4) is 0 Å². The van der Waals surface area contributed by atoms with Crippen LogP contribution < -0.4 is 0 Å². The molecule has 2 heteroatoms. The van der Waals surface area contributed by atoms with E-state index in [4.69, 9.17) is 0 Å². The van der Waals surface area contributed by atoms with Gasteiger partial charge in [0.25, 0.3) is 5.92 Å². The standard InChI is InChI=1S/C18H14F2/c1-2-11-12-7-3-5-9-14(12)16-17(18(16,19)20)15-10-6-4-8-13(11)15/h2-10,16-17H,1H3. The van der Waals surface area contributed by atoms with Crippen molar-refractivity contribution in [3.05, 3.63) is 76.9 Å². The fourth-order valence-corrected chi connectivity index (χ4v) is 3.58. The van der Waals surface area contributed by atoms with Crippen molar-refractivity contribution in [1.82, 2.24) is 0 Å². The number of alkyl halides is 2. The SMILES string of the molecule is CC=C1c2ccccc2C2C(c3ccccc31)C2(F)F. The number of rotatable bonds is 0. The molecule has 0 radical (unpaired) electrons. The molecule has 0 aliphatic heterocycles. The van der Waals surface area contributed by atoms with Crippen molar-refractivity contribution in [2.24, 2.45) is 0 Å². The van der Waals surface area contributed by atoms with Gasteiger partial charge in [0, 0.05) is 0 Å². The van der Waals surface area contributed by atoms with E-state index in [0.29, 0.717) is 0 Å². The second-order valence-corrected chi connectivity index (χ2v) is 5.51. The zero-order chi connectivity index (χ0) is 13.9. The first-order valence-electron chi connectivity index (χ1n) is 6.89. The molecule has 0 aromatic heterocycles. The van der Waals surface area contributed by atoms with Gasteiger partial charge < -0.3 is 0 Å². The minimum Gasteiger partial charge on any atom is -0.205 e. The highest BCUT2D eigenvalue weighted by Crippen LogP contribution is 2.70. The van der Waals surface area contributed by atoms with Gasteiger partial charge in [0.05, 0.1) is 11.8 Å². The molecule has 0 saturated heterocycles. The second kappa shape index (κ2) is 3.78. The van der Waals surface area contributed by atoms with E-state index >= 15 is 0 Å². The van der Waals surface area contributed by atoms with Gasteiger partial charge in [-0.25, -0.2) is 8.78 Å². The van der Waals surface area contributed by atoms with Crippen molar-refractivity contribution in [1.29, 1.82) is 0 Å². The molecule has 4 rings (SSSR count). The average Bonchev–Trinajstić information content (AvgIpc) is 3.06. The highest BCUT2D eigenvalue weighted by Gasteiger charge is 2.70. The highest BCUT2D eigenvalue weighted by molar-refractivity contribution is 5.86. The third kappa shape index (κ3) is 1.34. The number of allylic oxidation sites excluding steroid dienone is 1. The van der Waals surface area contributed by atoms with Crippen molar-refractivity contribution in [3.63, 3.8) is 0 Å². The maximum atomic E-state index is 14.3. The molecule has 0 bridgehead atoms. The Bertz CT molecular complexity index is 670. The van der Waals surface area contributed by atoms with Crippen molar-refractivity contribution in [2.45, 2.75) is 24.7 Å². The summed E-state index contributed by atoms with van der Waals surface area (Å²) in [6.07, 6.45) is 2.03. The summed E-state index contributed by atoms with van der Waals surface area (Å²) in [6.45, 7) is 1.97. The first kappa shape index (κ1) is 11.8. The Morgan fingerprint density at radius 3 is 1.75 bits per heavy atom. The molecule has 2 aromatic rings. The predicted octanol–water partition coefficient (Wildman–Crippen LogP) is 4.97. The number of benzene rings is 2. The summed E-state index contributed by atoms with van der Waals surface area (Å²) in [5.41, 5.74) is 4.54. The van der Waals surface area contributed by atoms with Gasteiger partial charge in [-0.2, -0.15) is 0 Å². The molecule has 2 aliphatic rings. The fourth-order valence-electron chi connectivity index (χ4n) is 3.58.